The van der Waals surface area contributed by atoms with Crippen LogP contribution in [-0.2, 0) is 12.6 Å². The third-order valence-electron chi connectivity index (χ3n) is 7.99. The van der Waals surface area contributed by atoms with E-state index in [2.05, 4.69) is 199 Å². The zero-order valence-electron chi connectivity index (χ0n) is 35.8. The molecular weight excluding hydrogens is 914 g/mol. The average molecular weight is 994 g/mol. The van der Waals surface area contributed by atoms with Crippen LogP contribution in [0.1, 0.15) is 32.2 Å². The van der Waals surface area contributed by atoms with Crippen molar-refractivity contribution in [3.63, 3.8) is 0 Å². The van der Waals surface area contributed by atoms with E-state index in [1.165, 1.54) is 0 Å². The first kappa shape index (κ1) is 52.9. The zero-order valence-corrected chi connectivity index (χ0v) is 48.5. The first-order chi connectivity index (χ1) is 19.8. The van der Waals surface area contributed by atoms with E-state index in [4.69, 9.17) is 5.21 Å². The topological polar surface area (TPSA) is 35.4 Å². The maximum atomic E-state index is 8.76. The van der Waals surface area contributed by atoms with E-state index >= 15 is 0 Å². The zero-order chi connectivity index (χ0) is 37.7. The summed E-state index contributed by atoms with van der Waals surface area (Å²) in [6, 6.07) is 9.65. The van der Waals surface area contributed by atoms with Crippen molar-refractivity contribution in [1.29, 1.82) is 0 Å². The summed E-state index contributed by atoms with van der Waals surface area (Å²) in [4.78, 5) is 0. The van der Waals surface area contributed by atoms with Gasteiger partial charge in [0.15, 0.2) is 0 Å². The smallest absolute Gasteiger partial charge is 0.794 e. The molecule has 4 radical (unpaired) electrons. The Bertz CT molecular complexity index is 913. The minimum atomic E-state index is -1.39. The largest absolute Gasteiger partial charge is 2.00 e. The molecule has 1 aromatic rings. The second-order valence-electron chi connectivity index (χ2n) is 22.4. The monoisotopic (exact) mass is 993 g/mol. The van der Waals surface area contributed by atoms with Crippen LogP contribution in [0.3, 0.4) is 0 Å². The summed E-state index contributed by atoms with van der Waals surface area (Å²) >= 11 is 3.95. The van der Waals surface area contributed by atoms with Crippen molar-refractivity contribution in [2.24, 2.45) is 5.16 Å². The second-order valence-corrected chi connectivity index (χ2v) is 66.8. The molecule has 0 unspecified atom stereocenters. The van der Waals surface area contributed by atoms with Crippen molar-refractivity contribution in [1.82, 2.24) is 0 Å². The molecule has 0 saturated heterocycles. The Labute approximate surface area is 330 Å². The van der Waals surface area contributed by atoms with E-state index < -0.39 is 64.6 Å². The van der Waals surface area contributed by atoms with Crippen LogP contribution in [0.25, 0.3) is 0 Å². The minimum Gasteiger partial charge on any atom is -0.794 e. The molecule has 272 valence electrons. The summed E-state index contributed by atoms with van der Waals surface area (Å²) in [6.45, 7) is 61.5. The Morgan fingerprint density at radius 3 is 0.851 bits per heavy atom. The summed E-state index contributed by atoms with van der Waals surface area (Å²) in [5.41, 5.74) is 8.37. The van der Waals surface area contributed by atoms with Crippen LogP contribution in [-0.4, -0.2) is 97.4 Å². The molecule has 0 aliphatic heterocycles. The van der Waals surface area contributed by atoms with Gasteiger partial charge in [-0.05, 0) is 38.3 Å². The van der Waals surface area contributed by atoms with Crippen LogP contribution in [0, 0.1) is 16.9 Å². The molecule has 1 aromatic carbocycles. The normalized spacial score (nSPS) is 14.1. The van der Waals surface area contributed by atoms with Crippen LogP contribution in [0.5, 0.6) is 0 Å². The number of hydrogen-bond donors (Lipinski definition) is 0. The van der Waals surface area contributed by atoms with Gasteiger partial charge in [-0.3, -0.25) is 0 Å². The summed E-state index contributed by atoms with van der Waals surface area (Å²) in [5, 5.41) is 13.3. The van der Waals surface area contributed by atoms with E-state index in [0.29, 0.717) is 0 Å². The summed E-state index contributed by atoms with van der Waals surface area (Å²) in [7, 11) is -9.99. The SMILES string of the molecule is C[Si](C)(C)C(c1[c]c(C([Si](C)(C)C)[Si](C)(C)C)cc(C([Si](C)(C)C)[Si](C)(C)C)c1)[Si](C)(C)C.C[Si](C)(C)[CH][Si](C)(C)C.[O-]N=C[S-].[Pb+2]. The van der Waals surface area contributed by atoms with Crippen molar-refractivity contribution in [3.8, 4) is 0 Å². The van der Waals surface area contributed by atoms with Crippen molar-refractivity contribution in [2.75, 3.05) is 0 Å². The molecule has 0 aliphatic rings. The van der Waals surface area contributed by atoms with Crippen molar-refractivity contribution in [3.05, 3.63) is 45.8 Å². The Hall–Kier alpha value is 1.57. The molecule has 0 heterocycles. The Kier molecular flexibility index (Phi) is 21.5. The van der Waals surface area contributed by atoms with Crippen molar-refractivity contribution < 1.29 is 0 Å². The van der Waals surface area contributed by atoms with Crippen LogP contribution in [0.2, 0.25) is 157 Å². The van der Waals surface area contributed by atoms with Gasteiger partial charge in [-0.2, -0.15) is 0 Å². The van der Waals surface area contributed by atoms with E-state index in [1.807, 2.05) is 0 Å². The van der Waals surface area contributed by atoms with Crippen LogP contribution < -0.4 is 0 Å². The molecule has 0 aliphatic carbocycles. The molecule has 12 heteroatoms. The third kappa shape index (κ3) is 21.0. The fourth-order valence-electron chi connectivity index (χ4n) is 9.18. The van der Waals surface area contributed by atoms with Gasteiger partial charge in [-0.25, -0.2) is 0 Å². The number of hydrogen-bond acceptors (Lipinski definition) is 3. The molecule has 47 heavy (non-hydrogen) atoms. The average Bonchev–Trinajstić information content (AvgIpc) is 2.64. The number of rotatable bonds is 11. The van der Waals surface area contributed by atoms with Crippen LogP contribution in [0.4, 0.5) is 0 Å². The summed E-state index contributed by atoms with van der Waals surface area (Å²) in [6.07, 6.45) is 0. The van der Waals surface area contributed by atoms with E-state index in [9.17, 15) is 0 Å². The molecule has 0 N–H and O–H groups in total. The van der Waals surface area contributed by atoms with Gasteiger partial charge < -0.3 is 23.0 Å². The van der Waals surface area contributed by atoms with Crippen molar-refractivity contribution >= 4 is 110 Å². The predicted molar refractivity (Wildman–Crippen MR) is 250 cm³/mol. The standard InChI is InChI=1S/C27H59Si6.C7H19Si2.CH3NOS.Pb/c1-28(2,3)25(29(4,5)6)22-19-23(26(30(7,8)9)31(10,11)12)21-24(20-22)27(32(13,14)15)33(16,17)18;1-8(2,3)7-9(4,5)6;3-2-1-4;/h19-20,25-27H,1-18H3;7H,1-6H3;1,3H,(H,2,4);/q;;;+2/p-2. The quantitative estimate of drug-likeness (QED) is 0.0728. The maximum Gasteiger partial charge on any atom is 2.00 e. The van der Waals surface area contributed by atoms with Gasteiger partial charge in [0.05, 0.1) is 0 Å². The fraction of sp³-hybridized carbons (Fsp3) is 0.771. The Morgan fingerprint density at radius 1 is 0.511 bits per heavy atom. The predicted octanol–water partition coefficient (Wildman–Crippen LogP) is 12.6. The summed E-state index contributed by atoms with van der Waals surface area (Å²) in [5.74, 6) is 0. The molecule has 0 bridgehead atoms. The van der Waals surface area contributed by atoms with Gasteiger partial charge in [0.2, 0.25) is 0 Å². The van der Waals surface area contributed by atoms with E-state index in [0.717, 1.165) is 21.0 Å². The fourth-order valence-corrected chi connectivity index (χ4v) is 57.4. The van der Waals surface area contributed by atoms with Crippen LogP contribution >= 0.6 is 0 Å². The van der Waals surface area contributed by atoms with E-state index in [-0.39, 0.29) is 27.3 Å². The Morgan fingerprint density at radius 2 is 0.723 bits per heavy atom. The molecule has 0 amide bonds. The van der Waals surface area contributed by atoms with Gasteiger partial charge in [0, 0.05) is 64.6 Å². The van der Waals surface area contributed by atoms with Gasteiger partial charge in [-0.15, -0.1) is 5.55 Å². The molecule has 0 atom stereocenters. The molecule has 0 saturated carbocycles. The number of nitrogens with zero attached hydrogens (tertiary/aromatic N) is 1. The van der Waals surface area contributed by atoms with Gasteiger partial charge >= 0.3 is 27.3 Å². The second kappa shape index (κ2) is 19.1. The molecular formula is C35H79NOPbSSi8. The van der Waals surface area contributed by atoms with E-state index in [1.54, 1.807) is 16.7 Å². The van der Waals surface area contributed by atoms with Gasteiger partial charge in [0.25, 0.3) is 0 Å². The first-order valence-electron chi connectivity index (χ1n) is 17.5. The van der Waals surface area contributed by atoms with Crippen LogP contribution in [0.15, 0.2) is 17.3 Å². The van der Waals surface area contributed by atoms with Crippen molar-refractivity contribution in [2.45, 2.75) is 173 Å². The minimum absolute atomic E-state index is 0. The number of benzene rings is 1. The summed E-state index contributed by atoms with van der Waals surface area (Å²) < 4.78 is 0. The molecule has 1 rings (SSSR count). The molecule has 0 aromatic heterocycles. The molecule has 0 fully saturated rings. The van der Waals surface area contributed by atoms with Gasteiger partial charge in [0.1, 0.15) is 0 Å². The van der Waals surface area contributed by atoms with Gasteiger partial charge in [-0.1, -0.05) is 175 Å². The Balaban J connectivity index is -0.00000116. The third-order valence-corrected chi connectivity index (χ3v) is 42.9. The molecule has 2 nitrogen and oxygen atoms in total. The molecule has 0 spiro atoms. The maximum absolute atomic E-state index is 8.76. The first-order valence-corrected chi connectivity index (χ1v) is 46.6.